The smallest absolute Gasteiger partial charge is 0.216 e. The summed E-state index contributed by atoms with van der Waals surface area (Å²) < 4.78 is 9.04. The zero-order chi connectivity index (χ0) is 25.5. The minimum atomic E-state index is -0.0294. The summed E-state index contributed by atoms with van der Waals surface area (Å²) in [5, 5.41) is 2.39. The van der Waals surface area contributed by atoms with E-state index in [9.17, 15) is 0 Å². The van der Waals surface area contributed by atoms with Crippen LogP contribution in [-0.2, 0) is 12.5 Å². The number of nitrogens with zero attached hydrogens (tertiary/aromatic N) is 1. The van der Waals surface area contributed by atoms with E-state index in [-0.39, 0.29) is 5.41 Å². The largest absolute Gasteiger partial charge is 0.455 e. The molecule has 0 spiro atoms. The summed E-state index contributed by atoms with van der Waals surface area (Å²) in [6.07, 6.45) is 2.22. The third-order valence-electron chi connectivity index (χ3n) is 8.92. The van der Waals surface area contributed by atoms with E-state index in [4.69, 9.17) is 4.42 Å². The second-order valence-corrected chi connectivity index (χ2v) is 11.5. The van der Waals surface area contributed by atoms with Crippen LogP contribution in [0.2, 0.25) is 0 Å². The van der Waals surface area contributed by atoms with Gasteiger partial charge in [0.1, 0.15) is 18.2 Å². The molecule has 0 saturated heterocycles. The highest BCUT2D eigenvalue weighted by molar-refractivity contribution is 6.11. The van der Waals surface area contributed by atoms with Crippen molar-refractivity contribution in [3.8, 4) is 22.4 Å². The van der Waals surface area contributed by atoms with E-state index in [0.717, 1.165) is 11.2 Å². The maximum atomic E-state index is 6.81. The molecule has 6 rings (SSSR count). The molecule has 0 amide bonds. The Morgan fingerprint density at radius 1 is 0.722 bits per heavy atom. The molecule has 0 N–H and O–H groups in total. The van der Waals surface area contributed by atoms with E-state index in [1.807, 2.05) is 0 Å². The Morgan fingerprint density at radius 2 is 1.44 bits per heavy atom. The maximum Gasteiger partial charge on any atom is 0.216 e. The second-order valence-electron chi connectivity index (χ2n) is 11.5. The maximum absolute atomic E-state index is 6.81. The number of hydrogen-bond acceptors (Lipinski definition) is 1. The Kier molecular flexibility index (Phi) is 4.99. The third kappa shape index (κ3) is 2.88. The standard InChI is InChI=1S/C34H36NO/c1-19(2)34(20(3)4)28-12-10-9-11-24(28)26-16-27-25-14-13-21(5)32(33(25)36-31(27)17-29(26)34)30-15-22(6)23(7)18-35(30)8/h9-20H,1-8H3/q+1. The molecule has 2 heteroatoms. The van der Waals surface area contributed by atoms with Gasteiger partial charge in [0.05, 0.1) is 5.56 Å². The Balaban J connectivity index is 1.71. The highest BCUT2D eigenvalue weighted by atomic mass is 16.3. The highest BCUT2D eigenvalue weighted by Gasteiger charge is 2.48. The van der Waals surface area contributed by atoms with Gasteiger partial charge in [0.25, 0.3) is 0 Å². The van der Waals surface area contributed by atoms with Crippen LogP contribution < -0.4 is 4.57 Å². The fourth-order valence-corrected chi connectivity index (χ4v) is 7.13. The van der Waals surface area contributed by atoms with E-state index >= 15 is 0 Å². The molecule has 182 valence electrons. The Labute approximate surface area is 214 Å². The van der Waals surface area contributed by atoms with Gasteiger partial charge < -0.3 is 4.42 Å². The summed E-state index contributed by atoms with van der Waals surface area (Å²) in [7, 11) is 2.13. The zero-order valence-corrected chi connectivity index (χ0v) is 22.8. The monoisotopic (exact) mass is 474 g/mol. The molecule has 2 aromatic heterocycles. The van der Waals surface area contributed by atoms with Gasteiger partial charge in [-0.2, -0.15) is 0 Å². The topological polar surface area (TPSA) is 17.0 Å². The summed E-state index contributed by atoms with van der Waals surface area (Å²) in [5.74, 6) is 0.934. The molecule has 3 aromatic carbocycles. The van der Waals surface area contributed by atoms with Gasteiger partial charge in [-0.05, 0) is 78.1 Å². The number of hydrogen-bond donors (Lipinski definition) is 0. The van der Waals surface area contributed by atoms with Gasteiger partial charge in [-0.1, -0.05) is 64.1 Å². The number of rotatable bonds is 3. The van der Waals surface area contributed by atoms with Gasteiger partial charge in [-0.3, -0.25) is 0 Å². The molecule has 2 heterocycles. The quantitative estimate of drug-likeness (QED) is 0.239. The van der Waals surface area contributed by atoms with Crippen molar-refractivity contribution in [1.82, 2.24) is 0 Å². The van der Waals surface area contributed by atoms with E-state index in [1.165, 1.54) is 61.0 Å². The minimum absolute atomic E-state index is 0.0294. The molecule has 2 nitrogen and oxygen atoms in total. The summed E-state index contributed by atoms with van der Waals surface area (Å²) in [5.41, 5.74) is 13.8. The lowest BCUT2D eigenvalue weighted by atomic mass is 9.63. The normalized spacial score (nSPS) is 14.3. The van der Waals surface area contributed by atoms with E-state index in [2.05, 4.69) is 121 Å². The van der Waals surface area contributed by atoms with Gasteiger partial charge in [0.2, 0.25) is 5.69 Å². The van der Waals surface area contributed by atoms with Crippen molar-refractivity contribution < 1.29 is 8.98 Å². The van der Waals surface area contributed by atoms with Crippen LogP contribution in [0.25, 0.3) is 44.3 Å². The SMILES string of the molecule is Cc1cc(-c2c(C)ccc3c2oc2cc4c(cc23)-c2ccccc2C4(C(C)C)C(C)C)[n+](C)cc1C. The first kappa shape index (κ1) is 23.0. The van der Waals surface area contributed by atoms with Crippen molar-refractivity contribution in [2.45, 2.75) is 53.9 Å². The summed E-state index contributed by atoms with van der Waals surface area (Å²) in [4.78, 5) is 0. The van der Waals surface area contributed by atoms with E-state index < -0.39 is 0 Å². The fourth-order valence-electron chi connectivity index (χ4n) is 7.13. The Morgan fingerprint density at radius 3 is 2.17 bits per heavy atom. The second kappa shape index (κ2) is 7.80. The van der Waals surface area contributed by atoms with Gasteiger partial charge in [-0.15, -0.1) is 0 Å². The Hall–Kier alpha value is -3.39. The predicted octanol–water partition coefficient (Wildman–Crippen LogP) is 8.58. The van der Waals surface area contributed by atoms with Crippen LogP contribution in [0.5, 0.6) is 0 Å². The number of aromatic nitrogens is 1. The van der Waals surface area contributed by atoms with Crippen molar-refractivity contribution in [3.05, 3.63) is 88.6 Å². The predicted molar refractivity (Wildman–Crippen MR) is 150 cm³/mol. The number of fused-ring (bicyclic) bond motifs is 6. The molecular weight excluding hydrogens is 438 g/mol. The van der Waals surface area contributed by atoms with E-state index in [1.54, 1.807) is 0 Å². The lowest BCUT2D eigenvalue weighted by molar-refractivity contribution is -0.660. The molecule has 0 bridgehead atoms. The summed E-state index contributed by atoms with van der Waals surface area (Å²) >= 11 is 0. The van der Waals surface area contributed by atoms with E-state index in [0.29, 0.717) is 11.8 Å². The van der Waals surface area contributed by atoms with Gasteiger partial charge in [0, 0.05) is 27.8 Å². The van der Waals surface area contributed by atoms with Crippen molar-refractivity contribution in [2.75, 3.05) is 0 Å². The lowest BCUT2D eigenvalue weighted by Gasteiger charge is -2.40. The molecule has 36 heavy (non-hydrogen) atoms. The first-order valence-corrected chi connectivity index (χ1v) is 13.2. The van der Waals surface area contributed by atoms with Crippen LogP contribution in [0, 0.1) is 32.6 Å². The van der Waals surface area contributed by atoms with Crippen LogP contribution in [-0.4, -0.2) is 0 Å². The molecular formula is C34H36NO+. The number of benzene rings is 3. The lowest BCUT2D eigenvalue weighted by Crippen LogP contribution is -2.37. The molecule has 0 atom stereocenters. The summed E-state index contributed by atoms with van der Waals surface area (Å²) in [6.45, 7) is 16.0. The van der Waals surface area contributed by atoms with Crippen LogP contribution in [0.4, 0.5) is 0 Å². The third-order valence-corrected chi connectivity index (χ3v) is 8.92. The number of aryl methyl sites for hydroxylation is 4. The van der Waals surface area contributed by atoms with Gasteiger partial charge in [0.15, 0.2) is 6.20 Å². The van der Waals surface area contributed by atoms with Crippen LogP contribution in [0.3, 0.4) is 0 Å². The average Bonchev–Trinajstić information content (AvgIpc) is 3.33. The van der Waals surface area contributed by atoms with Crippen molar-refractivity contribution in [2.24, 2.45) is 18.9 Å². The first-order valence-electron chi connectivity index (χ1n) is 13.2. The van der Waals surface area contributed by atoms with Crippen molar-refractivity contribution in [3.63, 3.8) is 0 Å². The highest BCUT2D eigenvalue weighted by Crippen LogP contribution is 2.57. The number of pyridine rings is 1. The molecule has 0 saturated carbocycles. The molecule has 5 aromatic rings. The molecule has 0 fully saturated rings. The van der Waals surface area contributed by atoms with Crippen LogP contribution in [0.15, 0.2) is 65.2 Å². The molecule has 1 aliphatic carbocycles. The number of furan rings is 1. The molecule has 1 aliphatic rings. The summed E-state index contributed by atoms with van der Waals surface area (Å²) in [6, 6.07) is 20.6. The van der Waals surface area contributed by atoms with Crippen LogP contribution in [0.1, 0.15) is 55.5 Å². The first-order chi connectivity index (χ1) is 17.2. The fraction of sp³-hybridized carbons (Fsp3) is 0.324. The molecule has 0 unspecified atom stereocenters. The Bertz CT molecular complexity index is 1670. The zero-order valence-electron chi connectivity index (χ0n) is 22.8. The average molecular weight is 475 g/mol. The van der Waals surface area contributed by atoms with Crippen LogP contribution >= 0.6 is 0 Å². The molecule has 0 radical (unpaired) electrons. The van der Waals surface area contributed by atoms with Gasteiger partial charge >= 0.3 is 0 Å². The van der Waals surface area contributed by atoms with Crippen molar-refractivity contribution in [1.29, 1.82) is 0 Å². The molecule has 0 aliphatic heterocycles. The van der Waals surface area contributed by atoms with Crippen molar-refractivity contribution >= 4 is 21.9 Å². The van der Waals surface area contributed by atoms with Gasteiger partial charge in [-0.25, -0.2) is 4.57 Å². The minimum Gasteiger partial charge on any atom is -0.455 e.